The third-order valence-electron chi connectivity index (χ3n) is 17.4. The molecule has 40 atom stereocenters. The Balaban J connectivity index is 1.08. The largest absolute Gasteiger partial charge is 0.394 e. The van der Waals surface area contributed by atoms with Gasteiger partial charge in [0.05, 0.1) is 52.9 Å². The van der Waals surface area contributed by atoms with E-state index in [2.05, 4.69) is 10.6 Å². The fourth-order valence-electron chi connectivity index (χ4n) is 12.2. The van der Waals surface area contributed by atoms with Crippen molar-refractivity contribution in [3.63, 3.8) is 0 Å². The Bertz CT molecular complexity index is 2380. The van der Waals surface area contributed by atoms with Crippen LogP contribution in [0.2, 0.25) is 0 Å². The van der Waals surface area contributed by atoms with E-state index in [1.807, 2.05) is 0 Å². The number of hydrogen-bond acceptors (Lipinski definition) is 41. The molecule has 8 saturated heterocycles. The van der Waals surface area contributed by atoms with Crippen molar-refractivity contribution in [2.24, 2.45) is 0 Å². The maximum absolute atomic E-state index is 12.8. The van der Waals surface area contributed by atoms with E-state index < -0.39 is 310 Å². The molecule has 0 spiro atoms. The molecular formula is C52H88N2O41. The van der Waals surface area contributed by atoms with Crippen molar-refractivity contribution in [3.05, 3.63) is 0 Å². The summed E-state index contributed by atoms with van der Waals surface area (Å²) >= 11 is 0. The number of carbonyl (C=O) groups is 2. The summed E-state index contributed by atoms with van der Waals surface area (Å²) in [5.74, 6) is -1.82. The van der Waals surface area contributed by atoms with Gasteiger partial charge in [0.2, 0.25) is 11.8 Å². The molecule has 0 saturated carbocycles. The van der Waals surface area contributed by atoms with Crippen molar-refractivity contribution in [1.82, 2.24) is 10.6 Å². The van der Waals surface area contributed by atoms with Gasteiger partial charge in [0.1, 0.15) is 195 Å². The van der Waals surface area contributed by atoms with Crippen LogP contribution in [0.25, 0.3) is 0 Å². The van der Waals surface area contributed by atoms with Gasteiger partial charge in [-0.2, -0.15) is 0 Å². The second-order valence-electron chi connectivity index (χ2n) is 23.9. The molecule has 0 radical (unpaired) electrons. The topological polar surface area (TPSA) is 682 Å². The highest BCUT2D eigenvalue weighted by atomic mass is 16.8. The van der Waals surface area contributed by atoms with Gasteiger partial charge >= 0.3 is 0 Å². The van der Waals surface area contributed by atoms with Crippen LogP contribution < -0.4 is 10.6 Å². The highest BCUT2D eigenvalue weighted by Gasteiger charge is 2.60. The molecule has 8 aliphatic heterocycles. The predicted octanol–water partition coefficient (Wildman–Crippen LogP) is -18.2. The van der Waals surface area contributed by atoms with Crippen molar-refractivity contribution in [3.8, 4) is 0 Å². The van der Waals surface area contributed by atoms with E-state index in [0.717, 1.165) is 13.8 Å². The number of ether oxygens (including phenoxy) is 15. The molecule has 26 N–H and O–H groups in total. The molecule has 0 aromatic heterocycles. The minimum absolute atomic E-state index is 0.896. The van der Waals surface area contributed by atoms with Gasteiger partial charge in [0, 0.05) is 13.8 Å². The number of amides is 2. The fraction of sp³-hybridized carbons (Fsp3) is 0.962. The highest BCUT2D eigenvalue weighted by Crippen LogP contribution is 2.39. The SMILES string of the molecule is CC(=O)N[C@H]1[C@H](O[C@@H]2[C@@H](OC[C@H]3O[C@@H](O[C@H]4[C@H](O)[C@@H](O)C(O)O[C@@H]4CO)[C@@H](O)[C@@H](O[C@H]4O[C@H](CO)[C@@H](O)[C@H](O)[C@@H]4O[C@@H]4O[C@H](CO)[C@@H](O[C@@H]5O[C@H](CO)[C@H](O)[C@H](O)[C@H]5O)[C@H](O)[C@H]4NC(C)=O)[C@@H]3O)O[C@H](CO)[C@@H](O)[C@@H]2O)O[C@H](CO)[C@@H](O[C@@H]2O[C@H](CO)[C@H](O)[C@H](O)[C@H]2O)[C@@H]1O. The summed E-state index contributed by atoms with van der Waals surface area (Å²) in [6, 6.07) is -3.73. The summed E-state index contributed by atoms with van der Waals surface area (Å²) in [6.45, 7) is -6.45. The molecule has 0 aromatic rings. The first-order valence-electron chi connectivity index (χ1n) is 30.1. The number of aliphatic hydroxyl groups is 24. The smallest absolute Gasteiger partial charge is 0.217 e. The van der Waals surface area contributed by atoms with Crippen molar-refractivity contribution >= 4 is 11.8 Å². The Morgan fingerprint density at radius 2 is 0.568 bits per heavy atom. The van der Waals surface area contributed by atoms with Crippen LogP contribution in [-0.2, 0) is 80.6 Å². The Kier molecular flexibility index (Phi) is 27.9. The van der Waals surface area contributed by atoms with Crippen molar-refractivity contribution in [1.29, 1.82) is 0 Å². The van der Waals surface area contributed by atoms with E-state index in [0.29, 0.717) is 0 Å². The standard InChI is InChI=1S/C52H88N2O41/c1-11(62)53-21-28(69)39(90-48-36(77)30(71)23(64)13(3-55)83-48)18(8-60)87-46(21)94-43-32(73)25(66)15(5-57)85-51(43)81-10-20-27(68)42(38(79)50(89-20)92-41-17(7-59)82-45(80)35(76)34(41)75)93-52-44(33(74)26(67)16(6-58)86-52)95-47-22(54-12(2)63)29(70)40(19(9-61)88-47)91-49-37(78)31(72)24(65)14(4-56)84-49/h13-52,55-61,64-80H,3-10H2,1-2H3,(H,53,62)(H,54,63)/t13-,14-,15-,16-,17-,18-,19-,20-,21-,22-,23+,24+,25-,26-,27-,28-,29-,30+,31+,32+,33+,34-,35-,36-,37-,38+,39-,40-,41-,42+,43+,44+,45?,46+,47+,48+,49+,50+,51+,52-/m1/s1. The Morgan fingerprint density at radius 3 is 0.968 bits per heavy atom. The molecule has 8 rings (SSSR count). The number of rotatable bonds is 24. The molecule has 8 heterocycles. The van der Waals surface area contributed by atoms with Gasteiger partial charge in [-0.05, 0) is 0 Å². The van der Waals surface area contributed by atoms with Crippen molar-refractivity contribution in [2.75, 3.05) is 52.9 Å². The average Bonchev–Trinajstić information content (AvgIpc) is 0.777. The fourth-order valence-corrected chi connectivity index (χ4v) is 12.2. The van der Waals surface area contributed by atoms with Crippen LogP contribution in [0.3, 0.4) is 0 Å². The minimum Gasteiger partial charge on any atom is -0.394 e. The third kappa shape index (κ3) is 16.8. The van der Waals surface area contributed by atoms with Crippen LogP contribution in [-0.4, -0.2) is 433 Å². The minimum atomic E-state index is -2.44. The molecule has 552 valence electrons. The van der Waals surface area contributed by atoms with Crippen LogP contribution in [0.5, 0.6) is 0 Å². The summed E-state index contributed by atoms with van der Waals surface area (Å²) in [7, 11) is 0. The first-order valence-corrected chi connectivity index (χ1v) is 30.1. The molecule has 95 heavy (non-hydrogen) atoms. The summed E-state index contributed by atoms with van der Waals surface area (Å²) in [4.78, 5) is 25.5. The normalized spacial score (nSPS) is 50.8. The second kappa shape index (κ2) is 33.9. The number of hydrogen-bond donors (Lipinski definition) is 26. The summed E-state index contributed by atoms with van der Waals surface area (Å²) in [6.07, 6.45) is -77.4. The molecule has 0 aromatic carbocycles. The third-order valence-corrected chi connectivity index (χ3v) is 17.4. The average molecular weight is 1400 g/mol. The maximum atomic E-state index is 12.8. The van der Waals surface area contributed by atoms with E-state index in [4.69, 9.17) is 71.1 Å². The summed E-state index contributed by atoms with van der Waals surface area (Å²) < 4.78 is 87.1. The molecule has 1 unspecified atom stereocenters. The van der Waals surface area contributed by atoms with Gasteiger partial charge in [-0.15, -0.1) is 0 Å². The molecule has 43 heteroatoms. The maximum Gasteiger partial charge on any atom is 0.217 e. The lowest BCUT2D eigenvalue weighted by atomic mass is 9.94. The first kappa shape index (κ1) is 78.1. The Morgan fingerprint density at radius 1 is 0.274 bits per heavy atom. The van der Waals surface area contributed by atoms with Gasteiger partial charge in [-0.3, -0.25) is 9.59 Å². The van der Waals surface area contributed by atoms with Gasteiger partial charge in [0.15, 0.2) is 50.3 Å². The molecule has 2 amide bonds. The summed E-state index contributed by atoms with van der Waals surface area (Å²) in [5, 5.41) is 265. The molecule has 0 aliphatic carbocycles. The molecule has 0 bridgehead atoms. The molecule has 43 nitrogen and oxygen atoms in total. The monoisotopic (exact) mass is 1400 g/mol. The van der Waals surface area contributed by atoms with Crippen molar-refractivity contribution < 1.29 is 203 Å². The number of aliphatic hydroxyl groups excluding tert-OH is 24. The molecule has 8 fully saturated rings. The lowest BCUT2D eigenvalue weighted by Crippen LogP contribution is -2.70. The number of carbonyl (C=O) groups excluding carboxylic acids is 2. The predicted molar refractivity (Wildman–Crippen MR) is 288 cm³/mol. The Labute approximate surface area is 536 Å². The van der Waals surface area contributed by atoms with Gasteiger partial charge in [0.25, 0.3) is 0 Å². The van der Waals surface area contributed by atoms with Crippen LogP contribution in [0.1, 0.15) is 13.8 Å². The van der Waals surface area contributed by atoms with E-state index >= 15 is 0 Å². The number of nitrogens with one attached hydrogen (secondary N) is 2. The van der Waals surface area contributed by atoms with E-state index in [9.17, 15) is 132 Å². The molecular weight excluding hydrogens is 1310 g/mol. The van der Waals surface area contributed by atoms with Crippen molar-refractivity contribution in [2.45, 2.75) is 259 Å². The van der Waals surface area contributed by atoms with E-state index in [1.165, 1.54) is 0 Å². The Hall–Kier alpha value is -2.62. The lowest BCUT2D eigenvalue weighted by molar-refractivity contribution is -0.399. The first-order chi connectivity index (χ1) is 45.0. The van der Waals surface area contributed by atoms with E-state index in [1.54, 1.807) is 0 Å². The van der Waals surface area contributed by atoms with Crippen LogP contribution in [0.15, 0.2) is 0 Å². The van der Waals surface area contributed by atoms with E-state index in [-0.39, 0.29) is 0 Å². The second-order valence-corrected chi connectivity index (χ2v) is 23.9. The lowest BCUT2D eigenvalue weighted by Gasteiger charge is -2.50. The van der Waals surface area contributed by atoms with Crippen LogP contribution in [0, 0.1) is 0 Å². The molecule has 8 aliphatic rings. The quantitative estimate of drug-likeness (QED) is 0.0427. The summed E-state index contributed by atoms with van der Waals surface area (Å²) in [5.41, 5.74) is 0. The zero-order chi connectivity index (χ0) is 69.9. The zero-order valence-corrected chi connectivity index (χ0v) is 50.4. The van der Waals surface area contributed by atoms with Gasteiger partial charge < -0.3 is 204 Å². The van der Waals surface area contributed by atoms with Gasteiger partial charge in [-0.1, -0.05) is 0 Å². The van der Waals surface area contributed by atoms with Crippen LogP contribution >= 0.6 is 0 Å². The highest BCUT2D eigenvalue weighted by molar-refractivity contribution is 5.73. The van der Waals surface area contributed by atoms with Gasteiger partial charge in [-0.25, -0.2) is 0 Å². The zero-order valence-electron chi connectivity index (χ0n) is 50.4. The van der Waals surface area contributed by atoms with Crippen LogP contribution in [0.4, 0.5) is 0 Å².